The Labute approximate surface area is 129 Å². The molecule has 1 aromatic heterocycles. The highest BCUT2D eigenvalue weighted by molar-refractivity contribution is 7.10. The van der Waals surface area contributed by atoms with Crippen molar-refractivity contribution in [2.75, 3.05) is 0 Å². The number of nitrogens with one attached hydrogen (secondary N) is 2. The number of amides is 3. The lowest BCUT2D eigenvalue weighted by Crippen LogP contribution is -2.43. The Morgan fingerprint density at radius 3 is 2.81 bits per heavy atom. The van der Waals surface area contributed by atoms with Crippen LogP contribution >= 0.6 is 11.3 Å². The van der Waals surface area contributed by atoms with E-state index in [2.05, 4.69) is 17.6 Å². The Kier molecular flexibility index (Phi) is 5.61. The Morgan fingerprint density at radius 2 is 2.19 bits per heavy atom. The Balaban J connectivity index is 1.93. The number of thiophene rings is 1. The van der Waals surface area contributed by atoms with Gasteiger partial charge >= 0.3 is 6.03 Å². The summed E-state index contributed by atoms with van der Waals surface area (Å²) in [6, 6.07) is 3.11. The van der Waals surface area contributed by atoms with Crippen LogP contribution in [0.4, 0.5) is 4.79 Å². The van der Waals surface area contributed by atoms with E-state index in [0.717, 1.165) is 11.3 Å². The van der Waals surface area contributed by atoms with Crippen LogP contribution in [0.25, 0.3) is 0 Å². The lowest BCUT2D eigenvalue weighted by atomic mass is 9.86. The zero-order valence-corrected chi connectivity index (χ0v) is 13.1. The van der Waals surface area contributed by atoms with E-state index < -0.39 is 6.03 Å². The van der Waals surface area contributed by atoms with Gasteiger partial charge in [-0.25, -0.2) is 4.79 Å². The van der Waals surface area contributed by atoms with Crippen molar-refractivity contribution in [2.45, 2.75) is 51.1 Å². The maximum absolute atomic E-state index is 12.2. The van der Waals surface area contributed by atoms with Crippen molar-refractivity contribution in [3.05, 3.63) is 22.4 Å². The first kappa shape index (κ1) is 15.8. The van der Waals surface area contributed by atoms with Gasteiger partial charge in [0.15, 0.2) is 0 Å². The topological polar surface area (TPSA) is 84.2 Å². The molecule has 3 amide bonds. The Morgan fingerprint density at radius 1 is 1.43 bits per heavy atom. The Bertz CT molecular complexity index is 475. The van der Waals surface area contributed by atoms with Crippen molar-refractivity contribution < 1.29 is 9.59 Å². The number of carbonyl (C=O) groups excluding carboxylic acids is 2. The van der Waals surface area contributed by atoms with E-state index in [1.807, 2.05) is 17.5 Å². The third kappa shape index (κ3) is 4.74. The van der Waals surface area contributed by atoms with Crippen molar-refractivity contribution in [3.8, 4) is 0 Å². The highest BCUT2D eigenvalue weighted by Crippen LogP contribution is 2.25. The zero-order chi connectivity index (χ0) is 15.2. The second kappa shape index (κ2) is 7.45. The SMILES string of the molecule is C[C@@H]1CCCC[C@@H]1NC(=O)C[C@H](NC(N)=O)c1cccs1. The summed E-state index contributed by atoms with van der Waals surface area (Å²) in [4.78, 5) is 24.3. The fourth-order valence-electron chi connectivity index (χ4n) is 2.87. The molecule has 21 heavy (non-hydrogen) atoms. The molecule has 5 nitrogen and oxygen atoms in total. The largest absolute Gasteiger partial charge is 0.353 e. The van der Waals surface area contributed by atoms with Crippen LogP contribution in [0.1, 0.15) is 49.9 Å². The molecular weight excluding hydrogens is 286 g/mol. The van der Waals surface area contributed by atoms with Gasteiger partial charge in [-0.1, -0.05) is 25.8 Å². The summed E-state index contributed by atoms with van der Waals surface area (Å²) in [5.74, 6) is 0.493. The summed E-state index contributed by atoms with van der Waals surface area (Å²) < 4.78 is 0. The highest BCUT2D eigenvalue weighted by Gasteiger charge is 2.25. The van der Waals surface area contributed by atoms with E-state index in [4.69, 9.17) is 5.73 Å². The summed E-state index contributed by atoms with van der Waals surface area (Å²) in [5, 5.41) is 7.68. The molecule has 2 rings (SSSR count). The molecule has 0 spiro atoms. The number of hydrogen-bond donors (Lipinski definition) is 3. The van der Waals surface area contributed by atoms with Gasteiger partial charge in [-0.3, -0.25) is 4.79 Å². The predicted octanol–water partition coefficient (Wildman–Crippen LogP) is 2.54. The number of hydrogen-bond acceptors (Lipinski definition) is 3. The fourth-order valence-corrected chi connectivity index (χ4v) is 3.64. The van der Waals surface area contributed by atoms with E-state index in [9.17, 15) is 9.59 Å². The van der Waals surface area contributed by atoms with E-state index in [0.29, 0.717) is 5.92 Å². The van der Waals surface area contributed by atoms with Crippen LogP contribution in [-0.4, -0.2) is 18.0 Å². The number of carbonyl (C=O) groups is 2. The van der Waals surface area contributed by atoms with Crippen LogP contribution in [0.3, 0.4) is 0 Å². The molecule has 0 aliphatic heterocycles. The predicted molar refractivity (Wildman–Crippen MR) is 84.0 cm³/mol. The van der Waals surface area contributed by atoms with Gasteiger partial charge in [-0.2, -0.15) is 0 Å². The minimum atomic E-state index is -0.604. The lowest BCUT2D eigenvalue weighted by molar-refractivity contribution is -0.122. The summed E-state index contributed by atoms with van der Waals surface area (Å²) >= 11 is 1.51. The average molecular weight is 309 g/mol. The van der Waals surface area contributed by atoms with Crippen molar-refractivity contribution in [2.24, 2.45) is 11.7 Å². The monoisotopic (exact) mass is 309 g/mol. The molecule has 1 heterocycles. The van der Waals surface area contributed by atoms with E-state index in [1.165, 1.54) is 30.6 Å². The molecule has 3 atom stereocenters. The van der Waals surface area contributed by atoms with Crippen molar-refractivity contribution >= 4 is 23.3 Å². The third-order valence-corrected chi connectivity index (χ3v) is 5.04. The van der Waals surface area contributed by atoms with Crippen molar-refractivity contribution in [1.82, 2.24) is 10.6 Å². The molecule has 4 N–H and O–H groups in total. The second-order valence-corrected chi connectivity index (χ2v) is 6.70. The first-order valence-electron chi connectivity index (χ1n) is 7.45. The molecule has 0 aromatic carbocycles. The second-order valence-electron chi connectivity index (χ2n) is 5.72. The highest BCUT2D eigenvalue weighted by atomic mass is 32.1. The van der Waals surface area contributed by atoms with Crippen LogP contribution in [0.2, 0.25) is 0 Å². The zero-order valence-electron chi connectivity index (χ0n) is 12.3. The van der Waals surface area contributed by atoms with E-state index in [1.54, 1.807) is 0 Å². The minimum Gasteiger partial charge on any atom is -0.353 e. The Hall–Kier alpha value is -1.56. The average Bonchev–Trinajstić information content (AvgIpc) is 2.94. The third-order valence-electron chi connectivity index (χ3n) is 4.05. The molecule has 1 saturated carbocycles. The number of nitrogens with two attached hydrogens (primary N) is 1. The molecule has 1 fully saturated rings. The molecule has 0 bridgehead atoms. The van der Waals surface area contributed by atoms with Gasteiger partial charge < -0.3 is 16.4 Å². The van der Waals surface area contributed by atoms with Crippen LogP contribution in [-0.2, 0) is 4.79 Å². The van der Waals surface area contributed by atoms with Gasteiger partial charge in [0.05, 0.1) is 12.5 Å². The van der Waals surface area contributed by atoms with Gasteiger partial charge in [-0.05, 0) is 30.2 Å². The molecule has 1 aromatic rings. The van der Waals surface area contributed by atoms with Gasteiger partial charge in [-0.15, -0.1) is 11.3 Å². The first-order valence-corrected chi connectivity index (χ1v) is 8.33. The minimum absolute atomic E-state index is 0.0269. The summed E-state index contributed by atoms with van der Waals surface area (Å²) in [6.07, 6.45) is 4.85. The standard InChI is InChI=1S/C15H23N3O2S/c1-10-5-2-3-6-11(10)17-14(19)9-12(18-15(16)20)13-7-4-8-21-13/h4,7-8,10-12H,2-3,5-6,9H2,1H3,(H,17,19)(H3,16,18,20)/t10-,11+,12+/m1/s1. The molecule has 0 unspecified atom stereocenters. The van der Waals surface area contributed by atoms with Gasteiger partial charge in [0.1, 0.15) is 0 Å². The quantitative estimate of drug-likeness (QED) is 0.781. The molecule has 0 radical (unpaired) electrons. The summed E-state index contributed by atoms with van der Waals surface area (Å²) in [7, 11) is 0. The molecule has 116 valence electrons. The molecule has 0 saturated heterocycles. The molecule has 1 aliphatic rings. The maximum atomic E-state index is 12.2. The smallest absolute Gasteiger partial charge is 0.312 e. The lowest BCUT2D eigenvalue weighted by Gasteiger charge is -2.30. The van der Waals surface area contributed by atoms with Gasteiger partial charge in [0.25, 0.3) is 0 Å². The van der Waals surface area contributed by atoms with Crippen LogP contribution in [0, 0.1) is 5.92 Å². The van der Waals surface area contributed by atoms with Crippen LogP contribution in [0.5, 0.6) is 0 Å². The van der Waals surface area contributed by atoms with Crippen molar-refractivity contribution in [1.29, 1.82) is 0 Å². The van der Waals surface area contributed by atoms with Crippen LogP contribution in [0.15, 0.2) is 17.5 Å². The van der Waals surface area contributed by atoms with Gasteiger partial charge in [0, 0.05) is 10.9 Å². The summed E-state index contributed by atoms with van der Waals surface area (Å²) in [5.41, 5.74) is 5.20. The van der Waals surface area contributed by atoms with E-state index in [-0.39, 0.29) is 24.4 Å². The normalized spacial score (nSPS) is 23.3. The molecular formula is C15H23N3O2S. The number of rotatable bonds is 5. The maximum Gasteiger partial charge on any atom is 0.312 e. The van der Waals surface area contributed by atoms with Gasteiger partial charge in [0.2, 0.25) is 5.91 Å². The van der Waals surface area contributed by atoms with E-state index >= 15 is 0 Å². The van der Waals surface area contributed by atoms with Crippen molar-refractivity contribution in [3.63, 3.8) is 0 Å². The number of primary amides is 1. The fraction of sp³-hybridized carbons (Fsp3) is 0.600. The summed E-state index contributed by atoms with van der Waals surface area (Å²) in [6.45, 7) is 2.18. The molecule has 6 heteroatoms. The number of urea groups is 1. The van der Waals surface area contributed by atoms with Crippen LogP contribution < -0.4 is 16.4 Å². The molecule has 1 aliphatic carbocycles. The first-order chi connectivity index (χ1) is 10.1.